The smallest absolute Gasteiger partial charge is 0.254 e. The number of unbranched alkanes of at least 4 members (excludes halogenated alkanes) is 2. The number of aromatic nitrogens is 12. The van der Waals surface area contributed by atoms with Crippen molar-refractivity contribution < 1.29 is 29.7 Å². The molecule has 15 rings (SSSR count). The molecule has 9 aromatic rings. The van der Waals surface area contributed by atoms with Crippen LogP contribution in [0.3, 0.4) is 0 Å². The number of carbonyl (C=O) groups excluding carboxylic acids is 3. The van der Waals surface area contributed by atoms with Gasteiger partial charge < -0.3 is 54.8 Å². The molecule has 6 aliphatic rings. The topological polar surface area (TPSA) is 290 Å². The normalized spacial score (nSPS) is 20.0. The summed E-state index contributed by atoms with van der Waals surface area (Å²) in [4.78, 5) is 83.9. The van der Waals surface area contributed by atoms with Crippen LogP contribution in [0, 0.1) is 41.5 Å². The average Bonchev–Trinajstić information content (AvgIpc) is 1.62. The Balaban J connectivity index is 0.000000149. The molecule has 3 fully saturated rings. The van der Waals surface area contributed by atoms with E-state index in [-0.39, 0.29) is 52.6 Å². The third-order valence-corrected chi connectivity index (χ3v) is 22.5. The van der Waals surface area contributed by atoms with Crippen molar-refractivity contribution in [2.45, 2.75) is 221 Å². The molecule has 3 aliphatic heterocycles. The molecule has 3 amide bonds. The van der Waals surface area contributed by atoms with Gasteiger partial charge in [0.2, 0.25) is 16.5 Å². The summed E-state index contributed by atoms with van der Waals surface area (Å²) in [6, 6.07) is 12.2. The molecular weight excluding hydrogens is 1490 g/mol. The maximum atomic E-state index is 13.2. The third kappa shape index (κ3) is 21.2. The van der Waals surface area contributed by atoms with Gasteiger partial charge in [-0.05, 0) is 251 Å². The molecule has 0 saturated heterocycles. The quantitative estimate of drug-likeness (QED) is 0.0384. The lowest BCUT2D eigenvalue weighted by Gasteiger charge is -2.27. The van der Waals surface area contributed by atoms with E-state index >= 15 is 0 Å². The van der Waals surface area contributed by atoms with E-state index in [1.807, 2.05) is 105 Å². The van der Waals surface area contributed by atoms with Crippen LogP contribution < -0.4 is 11.1 Å². The molecular formula is C84H108BrCl2N17O6. The monoisotopic (exact) mass is 1600 g/mol. The van der Waals surface area contributed by atoms with E-state index in [0.29, 0.717) is 55.3 Å². The largest absolute Gasteiger partial charge is 0.393 e. The van der Waals surface area contributed by atoms with E-state index in [1.165, 1.54) is 29.6 Å². The number of nitrogens with two attached hydrogens (primary N) is 1. The highest BCUT2D eigenvalue weighted by Gasteiger charge is 2.31. The van der Waals surface area contributed by atoms with Gasteiger partial charge in [0.25, 0.3) is 17.7 Å². The van der Waals surface area contributed by atoms with Gasteiger partial charge >= 0.3 is 0 Å². The van der Waals surface area contributed by atoms with E-state index in [2.05, 4.69) is 126 Å². The lowest BCUT2D eigenvalue weighted by atomic mass is 9.93. The predicted molar refractivity (Wildman–Crippen MR) is 441 cm³/mol. The van der Waals surface area contributed by atoms with Gasteiger partial charge in [0, 0.05) is 178 Å². The second-order valence-corrected chi connectivity index (χ2v) is 31.7. The van der Waals surface area contributed by atoms with E-state index in [4.69, 9.17) is 33.9 Å². The number of aryl methyl sites for hydroxylation is 6. The van der Waals surface area contributed by atoms with Gasteiger partial charge in [-0.15, -0.1) is 0 Å². The van der Waals surface area contributed by atoms with Gasteiger partial charge in [0.15, 0.2) is 0 Å². The molecule has 0 atom stereocenters. The Labute approximate surface area is 664 Å². The molecule has 23 nitrogen and oxygen atoms in total. The molecule has 0 radical (unpaired) electrons. The number of aliphatic hydroxyl groups excluding tert-OH is 3. The first-order valence-corrected chi connectivity index (χ1v) is 40.8. The van der Waals surface area contributed by atoms with Crippen molar-refractivity contribution in [1.29, 1.82) is 0 Å². The summed E-state index contributed by atoms with van der Waals surface area (Å²) in [5, 5.41) is 36.4. The van der Waals surface area contributed by atoms with Crippen LogP contribution in [0.4, 0.5) is 5.95 Å². The number of hydrogen-bond acceptors (Lipinski definition) is 17. The molecule has 3 aliphatic carbocycles. The standard InChI is InChI=1S/C29H38N6O2.C25H28ClN5O2.C14H18N2O.C12H13BrClN3O.C4H11N/c1-4-5-12-30-29-31-17-25-26(18-35(27(25)33-29)23-6-8-24(36)9-7-23)21-10-13-34(14-11-21)28(37)22-15-19(2)32-20(3)16-22;1-15-11-18(12-16(2)28-15)24(33)30-9-7-17(8-10-30)22-14-31(19-3-5-20(32)6-4-19)23-21(22)13-27-25(26)29-23;1-10-4-6-16(7-5-10)14(17)13-8-11(2)15-12(3)9-13;13-10-6-17(7-1-3-8(18)4-2-7)11-9(10)5-15-12(14)16-11;1-2-3-4-5/h10,15-18,23-24,36H,4-9,11-14H2,1-3H3,(H,30,31,33);7,11-14,19-20,32H,3-6,8-10H2,1-2H3;4,8-9H,5-7H2,1-3H3;5-8,18H,1-4H2;2-5H2,1H3. The Hall–Kier alpha value is -8.36. The number of halogens is 3. The number of pyridine rings is 3. The van der Waals surface area contributed by atoms with Gasteiger partial charge in [-0.3, -0.25) is 29.3 Å². The van der Waals surface area contributed by atoms with E-state index in [0.717, 1.165) is 224 Å². The number of rotatable bonds is 14. The zero-order valence-electron chi connectivity index (χ0n) is 65.2. The summed E-state index contributed by atoms with van der Waals surface area (Å²) in [6.07, 6.45) is 35.5. The molecule has 26 heteroatoms. The first kappa shape index (κ1) is 82.6. The summed E-state index contributed by atoms with van der Waals surface area (Å²) < 4.78 is 7.66. The van der Waals surface area contributed by atoms with Gasteiger partial charge in [0.1, 0.15) is 16.9 Å². The van der Waals surface area contributed by atoms with Gasteiger partial charge in [-0.2, -0.15) is 15.0 Å². The number of nitrogens with one attached hydrogen (secondary N) is 1. The van der Waals surface area contributed by atoms with Gasteiger partial charge in [-0.25, -0.2) is 15.0 Å². The summed E-state index contributed by atoms with van der Waals surface area (Å²) in [7, 11) is 0. The number of fused-ring (bicyclic) bond motifs is 3. The Morgan fingerprint density at radius 3 is 1.18 bits per heavy atom. The lowest BCUT2D eigenvalue weighted by molar-refractivity contribution is 0.0762. The number of anilines is 1. The van der Waals surface area contributed by atoms with Crippen molar-refractivity contribution in [2.24, 2.45) is 5.73 Å². The summed E-state index contributed by atoms with van der Waals surface area (Å²) in [6.45, 7) is 23.6. The zero-order valence-corrected chi connectivity index (χ0v) is 68.3. The van der Waals surface area contributed by atoms with Crippen molar-refractivity contribution in [1.82, 2.24) is 73.3 Å². The zero-order chi connectivity index (χ0) is 78.3. The van der Waals surface area contributed by atoms with E-state index in [1.54, 1.807) is 12.4 Å². The highest BCUT2D eigenvalue weighted by Crippen LogP contribution is 2.40. The lowest BCUT2D eigenvalue weighted by Crippen LogP contribution is -2.34. The first-order valence-electron chi connectivity index (χ1n) is 39.3. The second-order valence-electron chi connectivity index (χ2n) is 30.2. The minimum atomic E-state index is -0.210. The Morgan fingerprint density at radius 1 is 0.473 bits per heavy atom. The van der Waals surface area contributed by atoms with Crippen LogP contribution in [0.25, 0.3) is 44.2 Å². The van der Waals surface area contributed by atoms with Crippen molar-refractivity contribution >= 4 is 107 Å². The Morgan fingerprint density at radius 2 is 0.827 bits per heavy atom. The number of nitrogens with zero attached hydrogens (tertiary/aromatic N) is 15. The SMILES string of the molecule is CC1=CCN(C(=O)c2cc(C)nc(C)c2)CC1.CCCCN.CCCCNc1ncc2c(C3=CCN(C(=O)c4cc(C)nc(C)c4)CC3)cn(C3CCC(O)CC3)c2n1.Cc1cc(C(=O)N2CC=C(c3cn(C4CCC(O)CC4)c4nc(Cl)ncc34)CC2)cc(C)n1.OC1CCC(n2cc(Br)c3cnc(Cl)nc32)CC1. The Kier molecular flexibility index (Phi) is 29.1. The summed E-state index contributed by atoms with van der Waals surface area (Å²) >= 11 is 15.5. The fourth-order valence-corrected chi connectivity index (χ4v) is 16.4. The molecule has 12 heterocycles. The molecule has 0 spiro atoms. The fourth-order valence-electron chi connectivity index (χ4n) is 15.6. The predicted octanol–water partition coefficient (Wildman–Crippen LogP) is 16.1. The number of amides is 3. The maximum Gasteiger partial charge on any atom is 0.254 e. The molecule has 110 heavy (non-hydrogen) atoms. The number of aliphatic hydroxyl groups is 3. The Bertz CT molecular complexity index is 4730. The summed E-state index contributed by atoms with van der Waals surface area (Å²) in [5.41, 5.74) is 21.3. The van der Waals surface area contributed by atoms with Crippen molar-refractivity contribution in [3.63, 3.8) is 0 Å². The average molecular weight is 1600 g/mol. The maximum absolute atomic E-state index is 13.2. The fraction of sp³-hybridized carbons (Fsp3) is 0.500. The molecule has 0 aromatic carbocycles. The van der Waals surface area contributed by atoms with Gasteiger partial charge in [0.05, 0.1) is 23.7 Å². The highest BCUT2D eigenvalue weighted by molar-refractivity contribution is 9.10. The van der Waals surface area contributed by atoms with E-state index < -0.39 is 0 Å². The molecule has 586 valence electrons. The highest BCUT2D eigenvalue weighted by atomic mass is 79.9. The van der Waals surface area contributed by atoms with Crippen LogP contribution in [-0.2, 0) is 0 Å². The van der Waals surface area contributed by atoms with Crippen LogP contribution in [0.15, 0.2) is 102 Å². The number of carbonyl (C=O) groups is 3. The molecule has 3 saturated carbocycles. The van der Waals surface area contributed by atoms with E-state index in [9.17, 15) is 29.7 Å². The van der Waals surface area contributed by atoms with Crippen LogP contribution in [0.2, 0.25) is 10.6 Å². The van der Waals surface area contributed by atoms with Crippen LogP contribution in [-0.4, -0.2) is 177 Å². The van der Waals surface area contributed by atoms with Crippen LogP contribution in [0.5, 0.6) is 0 Å². The first-order chi connectivity index (χ1) is 52.9. The third-order valence-electron chi connectivity index (χ3n) is 21.6. The molecule has 9 aromatic heterocycles. The number of hydrogen-bond donors (Lipinski definition) is 5. The minimum Gasteiger partial charge on any atom is -0.393 e. The molecule has 6 N–H and O–H groups in total. The van der Waals surface area contributed by atoms with Crippen LogP contribution >= 0.6 is 39.1 Å². The summed E-state index contributed by atoms with van der Waals surface area (Å²) in [5.74, 6) is 0.873. The molecule has 0 unspecified atom stereocenters. The van der Waals surface area contributed by atoms with Crippen molar-refractivity contribution in [3.05, 3.63) is 174 Å². The minimum absolute atomic E-state index is 0.0391. The second kappa shape index (κ2) is 38.7. The van der Waals surface area contributed by atoms with Crippen molar-refractivity contribution in [3.8, 4) is 0 Å². The molecule has 0 bridgehead atoms. The van der Waals surface area contributed by atoms with Crippen molar-refractivity contribution in [2.75, 3.05) is 57.7 Å². The van der Waals surface area contributed by atoms with Gasteiger partial charge in [-0.1, -0.05) is 50.5 Å². The van der Waals surface area contributed by atoms with Crippen LogP contribution in [0.1, 0.15) is 237 Å².